The molecule has 1 saturated heterocycles. The Kier molecular flexibility index (Phi) is 4.19. The van der Waals surface area contributed by atoms with Crippen molar-refractivity contribution in [1.29, 1.82) is 0 Å². The van der Waals surface area contributed by atoms with E-state index in [1.807, 2.05) is 0 Å². The van der Waals surface area contributed by atoms with Gasteiger partial charge in [-0.2, -0.15) is 0 Å². The first-order valence-corrected chi connectivity index (χ1v) is 8.08. The fourth-order valence-corrected chi connectivity index (χ4v) is 3.66. The number of hydrogen-bond acceptors (Lipinski definition) is 4. The lowest BCUT2D eigenvalue weighted by molar-refractivity contribution is 0.208. The highest BCUT2D eigenvalue weighted by molar-refractivity contribution is 7.15. The van der Waals surface area contributed by atoms with Gasteiger partial charge in [-0.1, -0.05) is 18.0 Å². The summed E-state index contributed by atoms with van der Waals surface area (Å²) in [5.41, 5.74) is 0. The minimum absolute atomic E-state index is 0.676. The lowest BCUT2D eigenvalue weighted by atomic mass is 10.0. The Bertz CT molecular complexity index is 385. The number of thiazole rings is 1. The van der Waals surface area contributed by atoms with Crippen molar-refractivity contribution in [2.24, 2.45) is 0 Å². The van der Waals surface area contributed by atoms with Gasteiger partial charge in [0.15, 0.2) is 0 Å². The van der Waals surface area contributed by atoms with Crippen LogP contribution < -0.4 is 5.32 Å². The van der Waals surface area contributed by atoms with Crippen LogP contribution in [0.2, 0.25) is 4.34 Å². The molecule has 1 aromatic rings. The Morgan fingerprint density at radius 1 is 1.39 bits per heavy atom. The van der Waals surface area contributed by atoms with Crippen LogP contribution in [0, 0.1) is 0 Å². The Morgan fingerprint density at radius 2 is 2.28 bits per heavy atom. The van der Waals surface area contributed by atoms with Gasteiger partial charge in [0.05, 0.1) is 12.7 Å². The second kappa shape index (κ2) is 5.87. The molecule has 1 aromatic heterocycles. The standard InChI is InChI=1S/C13H20ClN3S/c14-12-7-16-13(18-12)9-17(11-4-5-11)8-10-3-1-2-6-15-10/h7,10-11,15H,1-6,8-9H2. The zero-order valence-electron chi connectivity index (χ0n) is 10.6. The Morgan fingerprint density at radius 3 is 2.89 bits per heavy atom. The summed E-state index contributed by atoms with van der Waals surface area (Å²) >= 11 is 7.57. The van der Waals surface area contributed by atoms with E-state index in [9.17, 15) is 0 Å². The predicted molar refractivity (Wildman–Crippen MR) is 76.2 cm³/mol. The maximum absolute atomic E-state index is 5.96. The van der Waals surface area contributed by atoms with Gasteiger partial charge in [-0.25, -0.2) is 4.98 Å². The minimum atomic E-state index is 0.676. The third-order valence-corrected chi connectivity index (χ3v) is 4.89. The molecule has 2 heterocycles. The maximum atomic E-state index is 5.96. The summed E-state index contributed by atoms with van der Waals surface area (Å²) in [6.45, 7) is 3.33. The van der Waals surface area contributed by atoms with E-state index in [4.69, 9.17) is 11.6 Å². The second-order valence-electron chi connectivity index (χ2n) is 5.37. The summed E-state index contributed by atoms with van der Waals surface area (Å²) in [6, 6.07) is 1.46. The molecule has 1 unspecified atom stereocenters. The molecule has 100 valence electrons. The van der Waals surface area contributed by atoms with Crippen LogP contribution in [0.15, 0.2) is 6.20 Å². The van der Waals surface area contributed by atoms with Crippen LogP contribution in [0.1, 0.15) is 37.1 Å². The third-order valence-electron chi connectivity index (χ3n) is 3.79. The maximum Gasteiger partial charge on any atom is 0.113 e. The van der Waals surface area contributed by atoms with Crippen LogP contribution in [-0.4, -0.2) is 35.1 Å². The SMILES string of the molecule is Clc1cnc(CN(CC2CCCCN2)C2CC2)s1. The summed E-state index contributed by atoms with van der Waals surface area (Å²) < 4.78 is 0.802. The van der Waals surface area contributed by atoms with E-state index in [0.717, 1.165) is 21.9 Å². The largest absolute Gasteiger partial charge is 0.313 e. The third kappa shape index (κ3) is 3.44. The van der Waals surface area contributed by atoms with Gasteiger partial charge in [-0.15, -0.1) is 11.3 Å². The number of nitrogens with zero attached hydrogens (tertiary/aromatic N) is 2. The van der Waals surface area contributed by atoms with Gasteiger partial charge >= 0.3 is 0 Å². The van der Waals surface area contributed by atoms with E-state index < -0.39 is 0 Å². The molecule has 0 spiro atoms. The fraction of sp³-hybridized carbons (Fsp3) is 0.769. The molecule has 0 radical (unpaired) electrons. The van der Waals surface area contributed by atoms with Gasteiger partial charge in [0, 0.05) is 18.6 Å². The molecule has 0 amide bonds. The summed E-state index contributed by atoms with van der Waals surface area (Å²) in [7, 11) is 0. The van der Waals surface area contributed by atoms with E-state index in [-0.39, 0.29) is 0 Å². The van der Waals surface area contributed by atoms with Crippen molar-refractivity contribution in [2.75, 3.05) is 13.1 Å². The number of halogens is 1. The van der Waals surface area contributed by atoms with Crippen molar-refractivity contribution >= 4 is 22.9 Å². The Labute approximate surface area is 118 Å². The van der Waals surface area contributed by atoms with Crippen LogP contribution in [-0.2, 0) is 6.54 Å². The normalized spacial score (nSPS) is 24.7. The first-order chi connectivity index (χ1) is 8.81. The second-order valence-corrected chi connectivity index (χ2v) is 7.11. The molecule has 3 rings (SSSR count). The molecule has 2 fully saturated rings. The highest BCUT2D eigenvalue weighted by Crippen LogP contribution is 2.30. The first-order valence-electron chi connectivity index (χ1n) is 6.89. The van der Waals surface area contributed by atoms with Crippen LogP contribution in [0.3, 0.4) is 0 Å². The van der Waals surface area contributed by atoms with Gasteiger partial charge < -0.3 is 5.32 Å². The predicted octanol–water partition coefficient (Wildman–Crippen LogP) is 2.90. The van der Waals surface area contributed by atoms with Gasteiger partial charge in [-0.05, 0) is 32.2 Å². The van der Waals surface area contributed by atoms with Crippen LogP contribution in [0.25, 0.3) is 0 Å². The molecule has 1 N–H and O–H groups in total. The smallest absolute Gasteiger partial charge is 0.113 e. The number of rotatable bonds is 5. The molecule has 1 aliphatic heterocycles. The number of aromatic nitrogens is 1. The molecular formula is C13H20ClN3S. The van der Waals surface area contributed by atoms with Crippen molar-refractivity contribution in [3.63, 3.8) is 0 Å². The highest BCUT2D eigenvalue weighted by Gasteiger charge is 2.31. The van der Waals surface area contributed by atoms with Crippen molar-refractivity contribution in [3.05, 3.63) is 15.5 Å². The van der Waals surface area contributed by atoms with Crippen LogP contribution in [0.5, 0.6) is 0 Å². The van der Waals surface area contributed by atoms with E-state index >= 15 is 0 Å². The van der Waals surface area contributed by atoms with Gasteiger partial charge in [0.2, 0.25) is 0 Å². The summed E-state index contributed by atoms with van der Waals surface area (Å²) in [4.78, 5) is 6.98. The summed E-state index contributed by atoms with van der Waals surface area (Å²) in [5.74, 6) is 0. The number of hydrogen-bond donors (Lipinski definition) is 1. The average Bonchev–Trinajstić information content (AvgIpc) is 3.15. The quantitative estimate of drug-likeness (QED) is 0.902. The zero-order valence-corrected chi connectivity index (χ0v) is 12.1. The molecule has 18 heavy (non-hydrogen) atoms. The molecule has 0 aromatic carbocycles. The summed E-state index contributed by atoms with van der Waals surface area (Å²) in [6.07, 6.45) is 8.51. The monoisotopic (exact) mass is 285 g/mol. The average molecular weight is 286 g/mol. The first kappa shape index (κ1) is 12.9. The topological polar surface area (TPSA) is 28.2 Å². The van der Waals surface area contributed by atoms with Crippen molar-refractivity contribution in [3.8, 4) is 0 Å². The van der Waals surface area contributed by atoms with Crippen molar-refractivity contribution < 1.29 is 0 Å². The molecule has 1 atom stereocenters. The molecule has 5 heteroatoms. The molecule has 0 bridgehead atoms. The van der Waals surface area contributed by atoms with Gasteiger partial charge in [0.1, 0.15) is 9.34 Å². The highest BCUT2D eigenvalue weighted by atomic mass is 35.5. The molecule has 3 nitrogen and oxygen atoms in total. The van der Waals surface area contributed by atoms with Gasteiger partial charge in [-0.3, -0.25) is 4.90 Å². The van der Waals surface area contributed by atoms with E-state index in [2.05, 4.69) is 15.2 Å². The molecule has 1 saturated carbocycles. The molecule has 1 aliphatic carbocycles. The van der Waals surface area contributed by atoms with Gasteiger partial charge in [0.25, 0.3) is 0 Å². The fourth-order valence-electron chi connectivity index (χ4n) is 2.68. The van der Waals surface area contributed by atoms with Crippen molar-refractivity contribution in [2.45, 2.75) is 50.7 Å². The number of nitrogens with one attached hydrogen (secondary N) is 1. The summed E-state index contributed by atoms with van der Waals surface area (Å²) in [5, 5.41) is 4.79. The van der Waals surface area contributed by atoms with E-state index in [1.165, 1.54) is 45.2 Å². The zero-order chi connectivity index (χ0) is 12.4. The lowest BCUT2D eigenvalue weighted by Gasteiger charge is -2.30. The minimum Gasteiger partial charge on any atom is -0.313 e. The Hall–Kier alpha value is -0.160. The van der Waals surface area contributed by atoms with E-state index in [0.29, 0.717) is 6.04 Å². The van der Waals surface area contributed by atoms with E-state index in [1.54, 1.807) is 17.5 Å². The Balaban J connectivity index is 1.57. The van der Waals surface area contributed by atoms with Crippen LogP contribution in [0.4, 0.5) is 0 Å². The number of piperidine rings is 1. The molecular weight excluding hydrogens is 266 g/mol. The van der Waals surface area contributed by atoms with Crippen LogP contribution >= 0.6 is 22.9 Å². The molecule has 2 aliphatic rings. The lowest BCUT2D eigenvalue weighted by Crippen LogP contribution is -2.44. The van der Waals surface area contributed by atoms with Crippen molar-refractivity contribution in [1.82, 2.24) is 15.2 Å².